The van der Waals surface area contributed by atoms with Crippen molar-refractivity contribution in [3.63, 3.8) is 0 Å². The van der Waals surface area contributed by atoms with Crippen LogP contribution in [0.25, 0.3) is 0 Å². The number of carbonyl (C=O) groups excluding carboxylic acids is 2. The maximum atomic E-state index is 12.7. The third-order valence-corrected chi connectivity index (χ3v) is 6.20. The summed E-state index contributed by atoms with van der Waals surface area (Å²) in [5.74, 6) is 0.103. The molecular weight excluding hydrogens is 388 g/mol. The van der Waals surface area contributed by atoms with Crippen LogP contribution >= 0.6 is 11.6 Å². The molecule has 5 nitrogen and oxygen atoms in total. The molecular formula is C23H19ClN2O3. The largest absolute Gasteiger partial charge is 0.488 e. The van der Waals surface area contributed by atoms with E-state index in [4.69, 9.17) is 16.3 Å². The van der Waals surface area contributed by atoms with Gasteiger partial charge in [-0.3, -0.25) is 9.59 Å². The summed E-state index contributed by atoms with van der Waals surface area (Å²) in [7, 11) is 0. The van der Waals surface area contributed by atoms with Crippen molar-refractivity contribution in [2.45, 2.75) is 13.0 Å². The van der Waals surface area contributed by atoms with Crippen molar-refractivity contribution in [2.24, 2.45) is 28.8 Å². The van der Waals surface area contributed by atoms with Crippen LogP contribution in [0.5, 0.6) is 5.75 Å². The topological polar surface area (TPSA) is 59.0 Å². The molecule has 0 spiro atoms. The summed E-state index contributed by atoms with van der Waals surface area (Å²) in [5.41, 5.74) is 1.65. The second kappa shape index (κ2) is 7.16. The number of nitrogens with zero attached hydrogens (tertiary/aromatic N) is 2. The number of rotatable bonds is 5. The molecule has 4 atom stereocenters. The molecule has 2 aliphatic carbocycles. The van der Waals surface area contributed by atoms with E-state index in [2.05, 4.69) is 17.3 Å². The molecule has 2 aromatic carbocycles. The average Bonchev–Trinajstić information content (AvgIpc) is 3.40. The minimum atomic E-state index is -0.246. The summed E-state index contributed by atoms with van der Waals surface area (Å²) in [6.07, 6.45) is 6.58. The van der Waals surface area contributed by atoms with Crippen LogP contribution in [0.15, 0.2) is 65.8 Å². The molecule has 29 heavy (non-hydrogen) atoms. The molecule has 146 valence electrons. The lowest BCUT2D eigenvalue weighted by Crippen LogP contribution is -2.28. The third-order valence-electron chi connectivity index (χ3n) is 5.96. The van der Waals surface area contributed by atoms with Gasteiger partial charge in [0.1, 0.15) is 12.4 Å². The number of imide groups is 1. The Balaban J connectivity index is 1.33. The summed E-state index contributed by atoms with van der Waals surface area (Å²) < 4.78 is 5.92. The van der Waals surface area contributed by atoms with Crippen molar-refractivity contribution in [3.05, 3.63) is 76.8 Å². The van der Waals surface area contributed by atoms with Gasteiger partial charge in [0.25, 0.3) is 11.8 Å². The molecule has 2 fully saturated rings. The van der Waals surface area contributed by atoms with E-state index in [1.807, 2.05) is 48.5 Å². The number of fused-ring (bicyclic) bond motifs is 5. The Labute approximate surface area is 173 Å². The molecule has 0 aromatic heterocycles. The van der Waals surface area contributed by atoms with Gasteiger partial charge in [0, 0.05) is 10.6 Å². The van der Waals surface area contributed by atoms with Gasteiger partial charge in [0.2, 0.25) is 0 Å². The van der Waals surface area contributed by atoms with Gasteiger partial charge in [-0.1, -0.05) is 48.0 Å². The SMILES string of the molecule is O=C1C2C3C=CC(C3)C2C(=O)N1N=Cc1ccccc1OCc1cccc(Cl)c1. The molecule has 1 heterocycles. The number of hydrazone groups is 1. The predicted octanol–water partition coefficient (Wildman–Crippen LogP) is 4.06. The number of hydrogen-bond acceptors (Lipinski definition) is 4. The van der Waals surface area contributed by atoms with E-state index < -0.39 is 0 Å². The average molecular weight is 407 g/mol. The normalized spacial score (nSPS) is 27.3. The number of carbonyl (C=O) groups is 2. The van der Waals surface area contributed by atoms with Gasteiger partial charge in [0.05, 0.1) is 18.1 Å². The maximum Gasteiger partial charge on any atom is 0.254 e. The quantitative estimate of drug-likeness (QED) is 0.427. The number of ether oxygens (including phenoxy) is 1. The Kier molecular flexibility index (Phi) is 4.47. The standard InChI is InChI=1S/C23H19ClN2O3/c24-18-6-3-4-14(10-18)13-29-19-7-2-1-5-17(19)12-25-26-22(27)20-15-8-9-16(11-15)21(20)23(26)28/h1-10,12,15-16,20-21H,11,13H2. The molecule has 3 aliphatic rings. The second-order valence-corrected chi connectivity index (χ2v) is 8.13. The fourth-order valence-electron chi connectivity index (χ4n) is 4.63. The number of hydrogen-bond donors (Lipinski definition) is 0. The van der Waals surface area contributed by atoms with E-state index in [1.165, 1.54) is 6.21 Å². The lowest BCUT2D eigenvalue weighted by atomic mass is 9.85. The van der Waals surface area contributed by atoms with Crippen LogP contribution in [0.2, 0.25) is 5.02 Å². The smallest absolute Gasteiger partial charge is 0.254 e. The van der Waals surface area contributed by atoms with Crippen molar-refractivity contribution in [1.29, 1.82) is 0 Å². The van der Waals surface area contributed by atoms with Crippen molar-refractivity contribution in [3.8, 4) is 5.75 Å². The van der Waals surface area contributed by atoms with Crippen LogP contribution in [-0.4, -0.2) is 23.0 Å². The zero-order valence-electron chi connectivity index (χ0n) is 15.6. The summed E-state index contributed by atoms with van der Waals surface area (Å²) in [6, 6.07) is 14.9. The fraction of sp³-hybridized carbons (Fsp3) is 0.261. The van der Waals surface area contributed by atoms with Crippen LogP contribution in [0.3, 0.4) is 0 Å². The highest BCUT2D eigenvalue weighted by Gasteiger charge is 2.59. The van der Waals surface area contributed by atoms with Gasteiger partial charge >= 0.3 is 0 Å². The van der Waals surface area contributed by atoms with Gasteiger partial charge in [-0.25, -0.2) is 0 Å². The lowest BCUT2D eigenvalue weighted by molar-refractivity contribution is -0.140. The Morgan fingerprint density at radius 1 is 1.03 bits per heavy atom. The van der Waals surface area contributed by atoms with E-state index in [1.54, 1.807) is 0 Å². The van der Waals surface area contributed by atoms with E-state index in [0.717, 1.165) is 17.0 Å². The van der Waals surface area contributed by atoms with Gasteiger partial charge in [-0.2, -0.15) is 10.1 Å². The zero-order valence-corrected chi connectivity index (χ0v) is 16.3. The van der Waals surface area contributed by atoms with Crippen LogP contribution in [0.1, 0.15) is 17.5 Å². The van der Waals surface area contributed by atoms with Gasteiger partial charge < -0.3 is 4.74 Å². The van der Waals surface area contributed by atoms with Gasteiger partial charge in [0.15, 0.2) is 0 Å². The minimum absolute atomic E-state index is 0.176. The highest BCUT2D eigenvalue weighted by atomic mass is 35.5. The number of allylic oxidation sites excluding steroid dienone is 2. The second-order valence-electron chi connectivity index (χ2n) is 7.69. The molecule has 0 N–H and O–H groups in total. The van der Waals surface area contributed by atoms with Crippen molar-refractivity contribution in [1.82, 2.24) is 5.01 Å². The van der Waals surface area contributed by atoms with E-state index in [9.17, 15) is 9.59 Å². The molecule has 4 unspecified atom stereocenters. The molecule has 1 saturated heterocycles. The van der Waals surface area contributed by atoms with Gasteiger partial charge in [-0.05, 0) is 48.1 Å². The first-order valence-electron chi connectivity index (χ1n) is 9.68. The Morgan fingerprint density at radius 2 is 1.76 bits per heavy atom. The number of para-hydroxylation sites is 1. The zero-order chi connectivity index (χ0) is 20.0. The first-order chi connectivity index (χ1) is 14.1. The number of amides is 2. The molecule has 6 heteroatoms. The van der Waals surface area contributed by atoms with E-state index in [-0.39, 0.29) is 35.5 Å². The Hall–Kier alpha value is -2.92. The summed E-state index contributed by atoms with van der Waals surface area (Å²) >= 11 is 6.02. The molecule has 2 amide bonds. The maximum absolute atomic E-state index is 12.7. The predicted molar refractivity (Wildman–Crippen MR) is 109 cm³/mol. The summed E-state index contributed by atoms with van der Waals surface area (Å²) in [4.78, 5) is 25.5. The van der Waals surface area contributed by atoms with Crippen LogP contribution < -0.4 is 4.74 Å². The number of benzene rings is 2. The first kappa shape index (κ1) is 18.1. The summed E-state index contributed by atoms with van der Waals surface area (Å²) in [6.45, 7) is 0.353. The highest BCUT2D eigenvalue weighted by molar-refractivity contribution is 6.30. The molecule has 0 radical (unpaired) electrons. The first-order valence-corrected chi connectivity index (χ1v) is 10.1. The highest BCUT2D eigenvalue weighted by Crippen LogP contribution is 2.52. The lowest BCUT2D eigenvalue weighted by Gasteiger charge is -2.13. The van der Waals surface area contributed by atoms with E-state index >= 15 is 0 Å². The van der Waals surface area contributed by atoms with Crippen molar-refractivity contribution in [2.75, 3.05) is 0 Å². The van der Waals surface area contributed by atoms with Gasteiger partial charge in [-0.15, -0.1) is 0 Å². The Bertz CT molecular complexity index is 1020. The van der Waals surface area contributed by atoms with Crippen LogP contribution in [-0.2, 0) is 16.2 Å². The minimum Gasteiger partial charge on any atom is -0.488 e. The monoisotopic (exact) mass is 406 g/mol. The van der Waals surface area contributed by atoms with Crippen LogP contribution in [0, 0.1) is 23.7 Å². The molecule has 2 aromatic rings. The molecule has 5 rings (SSSR count). The molecule has 1 saturated carbocycles. The fourth-order valence-corrected chi connectivity index (χ4v) is 4.84. The van der Waals surface area contributed by atoms with Crippen molar-refractivity contribution < 1.29 is 14.3 Å². The molecule has 2 bridgehead atoms. The molecule has 1 aliphatic heterocycles. The Morgan fingerprint density at radius 3 is 2.48 bits per heavy atom. The van der Waals surface area contributed by atoms with Crippen molar-refractivity contribution >= 4 is 29.6 Å². The van der Waals surface area contributed by atoms with Crippen LogP contribution in [0.4, 0.5) is 0 Å². The summed E-state index contributed by atoms with van der Waals surface area (Å²) in [5, 5.41) is 5.95. The third kappa shape index (κ3) is 3.15. The van der Waals surface area contributed by atoms with E-state index in [0.29, 0.717) is 22.9 Å². The number of halogens is 1.